The maximum Gasteiger partial charge on any atom is 0.173 e. The van der Waals surface area contributed by atoms with Gasteiger partial charge in [0.25, 0.3) is 0 Å². The molecule has 5 aliphatic carbocycles. The van der Waals surface area contributed by atoms with Gasteiger partial charge < -0.3 is 4.74 Å². The highest BCUT2D eigenvalue weighted by Gasteiger charge is 2.66. The molecule has 0 bridgehead atoms. The van der Waals surface area contributed by atoms with Crippen LogP contribution in [-0.2, 0) is 14.3 Å². The minimum atomic E-state index is -0.237. The van der Waals surface area contributed by atoms with E-state index in [2.05, 4.69) is 33.8 Å². The molecule has 0 aromatic heterocycles. The first-order valence-electron chi connectivity index (χ1n) is 13.2. The molecule has 8 unspecified atom stereocenters. The molecule has 5 rings (SSSR count). The van der Waals surface area contributed by atoms with Crippen molar-refractivity contribution >= 4 is 11.6 Å². The Hall–Kier alpha value is -1.47. The number of carbonyl (C=O) groups excluding carboxylic acids is 2. The number of hydrogen-bond donors (Lipinski definition) is 0. The summed E-state index contributed by atoms with van der Waals surface area (Å²) in [5.74, 6) is 1.89. The van der Waals surface area contributed by atoms with E-state index in [9.17, 15) is 14.9 Å². The number of nitrogens with zero attached hydrogens (tertiary/aromatic N) is 1. The molecule has 0 N–H and O–H groups in total. The first-order valence-corrected chi connectivity index (χ1v) is 13.2. The minimum absolute atomic E-state index is 0.00459. The van der Waals surface area contributed by atoms with E-state index in [1.165, 1.54) is 12.8 Å². The molecule has 4 heteroatoms. The van der Waals surface area contributed by atoms with Crippen LogP contribution in [0.3, 0.4) is 0 Å². The van der Waals surface area contributed by atoms with E-state index in [-0.39, 0.29) is 45.2 Å². The highest BCUT2D eigenvalue weighted by molar-refractivity contribution is 6.00. The predicted molar refractivity (Wildman–Crippen MR) is 127 cm³/mol. The van der Waals surface area contributed by atoms with E-state index in [4.69, 9.17) is 4.74 Å². The zero-order valence-corrected chi connectivity index (χ0v) is 21.2. The molecule has 0 amide bonds. The fraction of sp³-hybridized carbons (Fsp3) is 0.828. The molecule has 0 saturated heterocycles. The van der Waals surface area contributed by atoms with Crippen molar-refractivity contribution in [1.29, 1.82) is 5.26 Å². The average molecular weight is 452 g/mol. The third-order valence-corrected chi connectivity index (χ3v) is 11.5. The van der Waals surface area contributed by atoms with Crippen LogP contribution in [-0.4, -0.2) is 25.3 Å². The monoisotopic (exact) mass is 451 g/mol. The SMILES string of the molecule is COCC12CCC3C(C(=O)CC4C5(C)C=C(C#N)C(=O)CC5CCC34C)C1CC(C)(C)CC2. The number of nitriles is 1. The molecular weight excluding hydrogens is 410 g/mol. The van der Waals surface area contributed by atoms with E-state index in [1.807, 2.05) is 13.2 Å². The third kappa shape index (κ3) is 3.24. The summed E-state index contributed by atoms with van der Waals surface area (Å²) in [4.78, 5) is 26.6. The zero-order valence-electron chi connectivity index (χ0n) is 21.2. The lowest BCUT2D eigenvalue weighted by Crippen LogP contribution is -2.63. The fourth-order valence-corrected chi connectivity index (χ4v) is 9.70. The minimum Gasteiger partial charge on any atom is -0.384 e. The number of methoxy groups -OCH3 is 1. The van der Waals surface area contributed by atoms with E-state index in [0.29, 0.717) is 36.0 Å². The molecule has 0 aromatic carbocycles. The van der Waals surface area contributed by atoms with Gasteiger partial charge in [-0.05, 0) is 90.3 Å². The molecule has 0 heterocycles. The molecule has 0 aliphatic heterocycles. The number of hydrogen-bond acceptors (Lipinski definition) is 4. The summed E-state index contributed by atoms with van der Waals surface area (Å²) in [5.41, 5.74) is 0.599. The largest absolute Gasteiger partial charge is 0.384 e. The first-order chi connectivity index (χ1) is 15.5. The maximum absolute atomic E-state index is 14.1. The molecule has 0 aromatic rings. The molecule has 0 radical (unpaired) electrons. The van der Waals surface area contributed by atoms with Gasteiger partial charge in [0.2, 0.25) is 0 Å². The van der Waals surface area contributed by atoms with Crippen molar-refractivity contribution in [2.24, 2.45) is 51.2 Å². The van der Waals surface area contributed by atoms with Crippen molar-refractivity contribution in [2.45, 2.75) is 85.5 Å². The Labute approximate surface area is 199 Å². The van der Waals surface area contributed by atoms with E-state index >= 15 is 0 Å². The van der Waals surface area contributed by atoms with Crippen LogP contribution >= 0.6 is 0 Å². The van der Waals surface area contributed by atoms with Gasteiger partial charge in [-0.3, -0.25) is 9.59 Å². The van der Waals surface area contributed by atoms with Crippen molar-refractivity contribution in [1.82, 2.24) is 0 Å². The second-order valence-corrected chi connectivity index (χ2v) is 13.6. The van der Waals surface area contributed by atoms with E-state index in [0.717, 1.165) is 38.7 Å². The van der Waals surface area contributed by atoms with E-state index < -0.39 is 0 Å². The Kier molecular flexibility index (Phi) is 5.30. The lowest BCUT2D eigenvalue weighted by molar-refractivity contribution is -0.189. The van der Waals surface area contributed by atoms with Crippen molar-refractivity contribution in [3.05, 3.63) is 11.6 Å². The summed E-state index contributed by atoms with van der Waals surface area (Å²) >= 11 is 0. The predicted octanol–water partition coefficient (Wildman–Crippen LogP) is 5.91. The maximum atomic E-state index is 14.1. The summed E-state index contributed by atoms with van der Waals surface area (Å²) in [6, 6.07) is 2.17. The topological polar surface area (TPSA) is 67.2 Å². The van der Waals surface area contributed by atoms with Gasteiger partial charge in [0.15, 0.2) is 5.78 Å². The van der Waals surface area contributed by atoms with Crippen LogP contribution in [0.25, 0.3) is 0 Å². The van der Waals surface area contributed by atoms with Gasteiger partial charge in [-0.25, -0.2) is 0 Å². The average Bonchev–Trinajstić information content (AvgIpc) is 2.75. The smallest absolute Gasteiger partial charge is 0.173 e. The number of Topliss-reactive ketones (excluding diaryl/α,β-unsaturated/α-hetero) is 2. The van der Waals surface area contributed by atoms with Crippen molar-refractivity contribution < 1.29 is 14.3 Å². The second kappa shape index (κ2) is 7.51. The Morgan fingerprint density at radius 3 is 2.48 bits per heavy atom. The van der Waals surface area contributed by atoms with E-state index in [1.54, 1.807) is 0 Å². The lowest BCUT2D eigenvalue weighted by atomic mass is 9.37. The first kappa shape index (κ1) is 23.3. The summed E-state index contributed by atoms with van der Waals surface area (Å²) in [6.45, 7) is 10.2. The van der Waals surface area contributed by atoms with Gasteiger partial charge in [0.1, 0.15) is 11.9 Å². The molecule has 4 fully saturated rings. The normalized spacial score (nSPS) is 48.5. The summed E-state index contributed by atoms with van der Waals surface area (Å²) < 4.78 is 5.80. The van der Waals surface area contributed by atoms with Gasteiger partial charge in [0, 0.05) is 25.9 Å². The van der Waals surface area contributed by atoms with Crippen molar-refractivity contribution in [2.75, 3.05) is 13.7 Å². The van der Waals surface area contributed by atoms with Crippen molar-refractivity contribution in [3.8, 4) is 6.07 Å². The van der Waals surface area contributed by atoms with Crippen molar-refractivity contribution in [3.63, 3.8) is 0 Å². The zero-order chi connectivity index (χ0) is 23.8. The molecule has 33 heavy (non-hydrogen) atoms. The Morgan fingerprint density at radius 2 is 1.79 bits per heavy atom. The highest BCUT2D eigenvalue weighted by Crippen LogP contribution is 2.70. The van der Waals surface area contributed by atoms with Crippen LogP contribution in [0.5, 0.6) is 0 Å². The summed E-state index contributed by atoms with van der Waals surface area (Å²) in [6.07, 6.45) is 11.0. The van der Waals surface area contributed by atoms with Gasteiger partial charge in [-0.15, -0.1) is 0 Å². The molecule has 8 atom stereocenters. The summed E-state index contributed by atoms with van der Waals surface area (Å²) in [7, 11) is 1.82. The quantitative estimate of drug-likeness (QED) is 0.524. The molecule has 180 valence electrons. The molecule has 0 spiro atoms. The second-order valence-electron chi connectivity index (χ2n) is 13.6. The number of ketones is 2. The van der Waals surface area contributed by atoms with Gasteiger partial charge in [-0.2, -0.15) is 5.26 Å². The summed E-state index contributed by atoms with van der Waals surface area (Å²) in [5, 5.41) is 9.61. The van der Waals surface area contributed by atoms with Crippen LogP contribution in [0.4, 0.5) is 0 Å². The number of ether oxygens (including phenoxy) is 1. The molecular formula is C29H41NO3. The number of fused-ring (bicyclic) bond motifs is 7. The highest BCUT2D eigenvalue weighted by atomic mass is 16.5. The molecule has 4 nitrogen and oxygen atoms in total. The lowest BCUT2D eigenvalue weighted by Gasteiger charge is -2.66. The fourth-order valence-electron chi connectivity index (χ4n) is 9.70. The van der Waals surface area contributed by atoms with Gasteiger partial charge in [0.05, 0.1) is 12.2 Å². The van der Waals surface area contributed by atoms with Crippen LogP contribution in [0, 0.1) is 62.6 Å². The van der Waals surface area contributed by atoms with Gasteiger partial charge in [-0.1, -0.05) is 33.8 Å². The number of carbonyl (C=O) groups is 2. The van der Waals surface area contributed by atoms with Crippen LogP contribution in [0.2, 0.25) is 0 Å². The number of rotatable bonds is 2. The number of allylic oxidation sites excluding steroid dienone is 2. The van der Waals surface area contributed by atoms with Crippen LogP contribution < -0.4 is 0 Å². The molecule has 4 saturated carbocycles. The standard InChI is InChI=1S/C29H41NO3/c1-26(2)10-11-29(17-33-5)9-7-20-25(21(29)15-26)23(32)13-24-27(20,3)8-6-19-12-22(31)18(16-30)14-28(19,24)4/h14,19-21,24-25H,6-13,15,17H2,1-5H3. The third-order valence-electron chi connectivity index (χ3n) is 11.5. The Bertz CT molecular complexity index is 943. The molecule has 5 aliphatic rings. The van der Waals surface area contributed by atoms with Crippen LogP contribution in [0.15, 0.2) is 11.6 Å². The van der Waals surface area contributed by atoms with Crippen LogP contribution in [0.1, 0.15) is 85.5 Å². The van der Waals surface area contributed by atoms with Gasteiger partial charge >= 0.3 is 0 Å². The Balaban J connectivity index is 1.55. The Morgan fingerprint density at radius 1 is 1.03 bits per heavy atom.